The Labute approximate surface area is 118 Å². The fourth-order valence-electron chi connectivity index (χ4n) is 1.59. The van der Waals surface area contributed by atoms with Crippen LogP contribution in [0, 0.1) is 0 Å². The normalized spacial score (nSPS) is 11.6. The largest absolute Gasteiger partial charge is 0.229 e. The molecule has 1 nitrogen and oxygen atoms in total. The highest BCUT2D eigenvalue weighted by Gasteiger charge is 2.12. The zero-order chi connectivity index (χ0) is 13.2. The van der Waals surface area contributed by atoms with E-state index in [-0.39, 0.29) is 5.41 Å². The van der Waals surface area contributed by atoms with Gasteiger partial charge in [0.1, 0.15) is 10.2 Å². The van der Waals surface area contributed by atoms with Gasteiger partial charge in [-0.25, -0.2) is 4.98 Å². The molecule has 0 bridgehead atoms. The Morgan fingerprint density at radius 2 is 1.67 bits per heavy atom. The number of nitrogens with zero attached hydrogens (tertiary/aromatic N) is 1. The van der Waals surface area contributed by atoms with Crippen LogP contribution in [0.1, 0.15) is 26.3 Å². The maximum Gasteiger partial charge on any atom is 0.130 e. The molecule has 1 aromatic heterocycles. The Morgan fingerprint density at radius 1 is 1.00 bits per heavy atom. The molecule has 0 radical (unpaired) electrons. The Kier molecular flexibility index (Phi) is 3.98. The van der Waals surface area contributed by atoms with E-state index in [9.17, 15) is 0 Å². The Bertz CT molecular complexity index is 529. The van der Waals surface area contributed by atoms with Crippen LogP contribution in [0.25, 0.3) is 0 Å². The predicted molar refractivity (Wildman–Crippen MR) is 78.5 cm³/mol. The zero-order valence-corrected chi connectivity index (χ0v) is 12.3. The van der Waals surface area contributed by atoms with Crippen molar-refractivity contribution in [2.45, 2.75) is 36.1 Å². The van der Waals surface area contributed by atoms with Crippen LogP contribution in [0.2, 0.25) is 5.15 Å². The molecule has 0 saturated carbocycles. The van der Waals surface area contributed by atoms with Gasteiger partial charge in [0.2, 0.25) is 0 Å². The quantitative estimate of drug-likeness (QED) is 0.701. The summed E-state index contributed by atoms with van der Waals surface area (Å²) in [5.41, 5.74) is 1.53. The Hall–Kier alpha value is -0.990. The molecule has 1 heterocycles. The first-order valence-electron chi connectivity index (χ1n) is 5.86. The second-order valence-electron chi connectivity index (χ2n) is 5.17. The Balaban J connectivity index is 2.16. The van der Waals surface area contributed by atoms with E-state index in [1.54, 1.807) is 17.8 Å². The van der Waals surface area contributed by atoms with Crippen LogP contribution in [0.5, 0.6) is 0 Å². The Morgan fingerprint density at radius 3 is 2.22 bits per heavy atom. The van der Waals surface area contributed by atoms with E-state index in [0.29, 0.717) is 5.15 Å². The molecule has 0 N–H and O–H groups in total. The molecule has 94 valence electrons. The number of halogens is 1. The van der Waals surface area contributed by atoms with Crippen LogP contribution in [-0.2, 0) is 5.41 Å². The minimum absolute atomic E-state index is 0.192. The number of hydrogen-bond acceptors (Lipinski definition) is 2. The highest BCUT2D eigenvalue weighted by Crippen LogP contribution is 2.29. The average Bonchev–Trinajstić information content (AvgIpc) is 2.28. The van der Waals surface area contributed by atoms with E-state index in [2.05, 4.69) is 50.0 Å². The lowest BCUT2D eigenvalue weighted by atomic mass is 9.87. The number of rotatable bonds is 2. The molecule has 0 saturated heterocycles. The van der Waals surface area contributed by atoms with Gasteiger partial charge in [0.15, 0.2) is 0 Å². The van der Waals surface area contributed by atoms with Crippen LogP contribution >= 0.6 is 23.4 Å². The van der Waals surface area contributed by atoms with Crippen molar-refractivity contribution in [2.75, 3.05) is 0 Å². The van der Waals surface area contributed by atoms with E-state index in [4.69, 9.17) is 11.6 Å². The van der Waals surface area contributed by atoms with Gasteiger partial charge in [-0.2, -0.15) is 0 Å². The molecule has 0 aliphatic rings. The minimum Gasteiger partial charge on any atom is -0.229 e. The number of aromatic nitrogens is 1. The molecule has 3 heteroatoms. The van der Waals surface area contributed by atoms with Crippen molar-refractivity contribution in [3.8, 4) is 0 Å². The number of hydrogen-bond donors (Lipinski definition) is 0. The van der Waals surface area contributed by atoms with Crippen molar-refractivity contribution in [1.29, 1.82) is 0 Å². The molecular weight excluding hydrogens is 262 g/mol. The third kappa shape index (κ3) is 3.50. The lowest BCUT2D eigenvalue weighted by molar-refractivity contribution is 0.590. The van der Waals surface area contributed by atoms with E-state index in [0.717, 1.165) is 5.03 Å². The molecule has 2 aromatic rings. The zero-order valence-electron chi connectivity index (χ0n) is 10.8. The first-order valence-corrected chi connectivity index (χ1v) is 7.05. The molecule has 2 rings (SSSR count). The first-order chi connectivity index (χ1) is 8.45. The molecular formula is C15H16ClNS. The summed E-state index contributed by atoms with van der Waals surface area (Å²) >= 11 is 7.50. The van der Waals surface area contributed by atoms with E-state index < -0.39 is 0 Å². The van der Waals surface area contributed by atoms with Gasteiger partial charge in [-0.15, -0.1) is 0 Å². The summed E-state index contributed by atoms with van der Waals surface area (Å²) in [5.74, 6) is 0. The monoisotopic (exact) mass is 277 g/mol. The molecule has 18 heavy (non-hydrogen) atoms. The van der Waals surface area contributed by atoms with Crippen molar-refractivity contribution in [2.24, 2.45) is 0 Å². The van der Waals surface area contributed by atoms with Gasteiger partial charge in [-0.1, -0.05) is 62.3 Å². The topological polar surface area (TPSA) is 12.9 Å². The fourth-order valence-corrected chi connectivity index (χ4v) is 2.61. The number of benzene rings is 1. The summed E-state index contributed by atoms with van der Waals surface area (Å²) in [4.78, 5) is 5.45. The molecule has 0 fully saturated rings. The van der Waals surface area contributed by atoms with Gasteiger partial charge in [0, 0.05) is 4.90 Å². The van der Waals surface area contributed by atoms with Gasteiger partial charge in [0.05, 0.1) is 0 Å². The van der Waals surface area contributed by atoms with Crippen molar-refractivity contribution in [1.82, 2.24) is 4.98 Å². The average molecular weight is 278 g/mol. The summed E-state index contributed by atoms with van der Waals surface area (Å²) in [6.45, 7) is 6.65. The van der Waals surface area contributed by atoms with E-state index in [1.807, 2.05) is 12.1 Å². The van der Waals surface area contributed by atoms with Crippen LogP contribution in [0.15, 0.2) is 52.4 Å². The van der Waals surface area contributed by atoms with Gasteiger partial charge in [-0.3, -0.25) is 0 Å². The van der Waals surface area contributed by atoms with Crippen molar-refractivity contribution in [3.05, 3.63) is 53.2 Å². The smallest absolute Gasteiger partial charge is 0.130 e. The van der Waals surface area contributed by atoms with E-state index in [1.165, 1.54) is 10.5 Å². The summed E-state index contributed by atoms with van der Waals surface area (Å²) in [6.07, 6.45) is 0. The maximum atomic E-state index is 5.87. The lowest BCUT2D eigenvalue weighted by Gasteiger charge is -2.18. The van der Waals surface area contributed by atoms with Crippen molar-refractivity contribution < 1.29 is 0 Å². The first kappa shape index (κ1) is 13.4. The molecule has 0 unspecified atom stereocenters. The fraction of sp³-hybridized carbons (Fsp3) is 0.267. The molecule has 0 aliphatic heterocycles. The molecule has 0 amide bonds. The molecule has 0 atom stereocenters. The highest BCUT2D eigenvalue weighted by molar-refractivity contribution is 7.99. The third-order valence-electron chi connectivity index (χ3n) is 2.63. The van der Waals surface area contributed by atoms with Gasteiger partial charge in [-0.05, 0) is 35.2 Å². The standard InChI is InChI=1S/C15H16ClNS/c1-15(2,3)11-7-9-12(10-8-11)18-14-6-4-5-13(16)17-14/h4-10H,1-3H3. The molecule has 0 spiro atoms. The van der Waals surface area contributed by atoms with Gasteiger partial charge < -0.3 is 0 Å². The lowest BCUT2D eigenvalue weighted by Crippen LogP contribution is -2.10. The van der Waals surface area contributed by atoms with Crippen LogP contribution < -0.4 is 0 Å². The SMILES string of the molecule is CC(C)(C)c1ccc(Sc2cccc(Cl)n2)cc1. The molecule has 0 aliphatic carbocycles. The summed E-state index contributed by atoms with van der Waals surface area (Å²) in [7, 11) is 0. The van der Waals surface area contributed by atoms with Crippen LogP contribution in [-0.4, -0.2) is 4.98 Å². The highest BCUT2D eigenvalue weighted by atomic mass is 35.5. The van der Waals surface area contributed by atoms with E-state index >= 15 is 0 Å². The molecule has 1 aromatic carbocycles. The second-order valence-corrected chi connectivity index (χ2v) is 6.66. The summed E-state index contributed by atoms with van der Waals surface area (Å²) in [5, 5.41) is 1.46. The van der Waals surface area contributed by atoms with Gasteiger partial charge >= 0.3 is 0 Å². The second kappa shape index (κ2) is 5.33. The minimum atomic E-state index is 0.192. The predicted octanol–water partition coefficient (Wildman–Crippen LogP) is 5.18. The summed E-state index contributed by atoms with van der Waals surface area (Å²) < 4.78 is 0. The van der Waals surface area contributed by atoms with Crippen LogP contribution in [0.3, 0.4) is 0 Å². The van der Waals surface area contributed by atoms with Crippen molar-refractivity contribution in [3.63, 3.8) is 0 Å². The number of pyridine rings is 1. The van der Waals surface area contributed by atoms with Crippen molar-refractivity contribution >= 4 is 23.4 Å². The maximum absolute atomic E-state index is 5.87. The third-order valence-corrected chi connectivity index (χ3v) is 3.79. The van der Waals surface area contributed by atoms with Crippen LogP contribution in [0.4, 0.5) is 0 Å². The van der Waals surface area contributed by atoms with Gasteiger partial charge in [0.25, 0.3) is 0 Å². The summed E-state index contributed by atoms with van der Waals surface area (Å²) in [6, 6.07) is 14.3.